The maximum absolute atomic E-state index is 13.7. The van der Waals surface area contributed by atoms with Gasteiger partial charge in [0.2, 0.25) is 0 Å². The van der Waals surface area contributed by atoms with Gasteiger partial charge in [-0.1, -0.05) is 13.8 Å². The summed E-state index contributed by atoms with van der Waals surface area (Å²) < 4.78 is 107. The van der Waals surface area contributed by atoms with Crippen molar-refractivity contribution in [1.82, 2.24) is 0 Å². The molecule has 94 heavy (non-hydrogen) atoms. The molecule has 16 aliphatic carbocycles. The van der Waals surface area contributed by atoms with Crippen molar-refractivity contribution in [3.63, 3.8) is 0 Å². The van der Waals surface area contributed by atoms with E-state index >= 15 is 0 Å². The number of ketones is 1. The van der Waals surface area contributed by atoms with Gasteiger partial charge in [-0.25, -0.2) is 38.4 Å². The second kappa shape index (κ2) is 26.8. The average Bonchev–Trinajstić information content (AvgIpc) is 0.754. The maximum atomic E-state index is 13.7. The van der Waals surface area contributed by atoms with E-state index in [-0.39, 0.29) is 54.1 Å². The predicted molar refractivity (Wildman–Crippen MR) is 311 cm³/mol. The van der Waals surface area contributed by atoms with E-state index in [1.54, 1.807) is 0 Å². The molecular formula is C68H90F4O22. The minimum atomic E-state index is -3.96. The molecule has 22 nitrogen and oxygen atoms in total. The van der Waals surface area contributed by atoms with Gasteiger partial charge < -0.3 is 52.5 Å². The summed E-state index contributed by atoms with van der Waals surface area (Å²) in [4.78, 5) is 138. The van der Waals surface area contributed by atoms with E-state index in [0.717, 1.165) is 70.6 Å². The van der Waals surface area contributed by atoms with Gasteiger partial charge in [-0.3, -0.25) is 14.4 Å². The topological polar surface area (TPSA) is 300 Å². The monoisotopic (exact) mass is 1330 g/mol. The molecule has 26 heteroatoms. The first kappa shape index (κ1) is 69.4. The lowest BCUT2D eigenvalue weighted by Gasteiger charge is -2.60. The fourth-order valence-corrected chi connectivity index (χ4v) is 21.0. The number of Topliss-reactive ketones (excluding diaryl/α,β-unsaturated/α-hetero) is 1. The number of alkyl halides is 4. The van der Waals surface area contributed by atoms with Crippen LogP contribution < -0.4 is 0 Å². The van der Waals surface area contributed by atoms with Crippen LogP contribution in [-0.2, 0) is 100 Å². The standard InChI is InChI=1S/C36H50F2O10.C32H40F2O12/c1-4-35(24-10-20-8-21(12-24)13-25(35)11-20)47-30(40)18-44-29(39)7-6-28(46-33(43)34(3,37)38)32(42)45-19-31(41)48-36(5-2)26-14-22-9-23(16-26)17-27(36)15-22;1-29(33,34)28(40)44-22(27(39)43-15-25(37)45-31-9-17-5-20(12-31)26(38)21(6-17)13-31)2-3-23(35)42-14-24(36)46-32-10-18-4-19(11-32)8-30(41,7-18)16-32/h20-28H,4-19H2,1-3H3;17-22,41H,2-16H2,1H3. The summed E-state index contributed by atoms with van der Waals surface area (Å²) in [5.41, 5.74) is -3.65. The van der Waals surface area contributed by atoms with Gasteiger partial charge in [0, 0.05) is 57.8 Å². The largest absolute Gasteiger partial charge is 0.456 e. The van der Waals surface area contributed by atoms with Crippen LogP contribution >= 0.6 is 0 Å². The van der Waals surface area contributed by atoms with Crippen LogP contribution in [0.25, 0.3) is 0 Å². The number of carbonyl (C=O) groups excluding carboxylic acids is 11. The van der Waals surface area contributed by atoms with Crippen molar-refractivity contribution in [2.24, 2.45) is 76.9 Å². The van der Waals surface area contributed by atoms with E-state index in [2.05, 4.69) is 4.74 Å². The molecule has 0 amide bonds. The summed E-state index contributed by atoms with van der Waals surface area (Å²) in [6.45, 7) is 1.55. The number of aliphatic hydroxyl groups is 1. The smallest absolute Gasteiger partial charge is 0.377 e. The molecule has 522 valence electrons. The van der Waals surface area contributed by atoms with Crippen LogP contribution in [0.15, 0.2) is 0 Å². The van der Waals surface area contributed by atoms with Crippen molar-refractivity contribution in [3.05, 3.63) is 0 Å². The van der Waals surface area contributed by atoms with Crippen molar-refractivity contribution in [1.29, 1.82) is 0 Å². The molecule has 0 heterocycles. The quantitative estimate of drug-likeness (QED) is 0.0482. The van der Waals surface area contributed by atoms with Crippen molar-refractivity contribution in [3.8, 4) is 0 Å². The number of hydrogen-bond acceptors (Lipinski definition) is 22. The van der Waals surface area contributed by atoms with Crippen LogP contribution in [0.4, 0.5) is 17.6 Å². The molecule has 0 radical (unpaired) electrons. The molecule has 0 aliphatic heterocycles. The molecule has 0 spiro atoms. The molecular weight excluding hydrogens is 1240 g/mol. The number of esters is 10. The highest BCUT2D eigenvalue weighted by molar-refractivity contribution is 5.87. The second-order valence-corrected chi connectivity index (χ2v) is 30.6. The summed E-state index contributed by atoms with van der Waals surface area (Å²) >= 11 is 0. The Hall–Kier alpha value is -5.95. The van der Waals surface area contributed by atoms with Crippen LogP contribution in [0.3, 0.4) is 0 Å². The lowest BCUT2D eigenvalue weighted by atomic mass is 9.49. The first-order valence-corrected chi connectivity index (χ1v) is 34.2. The number of rotatable bonds is 26. The van der Waals surface area contributed by atoms with E-state index in [4.69, 9.17) is 42.6 Å². The predicted octanol–water partition coefficient (Wildman–Crippen LogP) is 8.45. The third kappa shape index (κ3) is 15.1. The molecule has 6 unspecified atom stereocenters. The molecule has 0 aromatic heterocycles. The molecule has 16 saturated carbocycles. The van der Waals surface area contributed by atoms with Crippen LogP contribution in [0.5, 0.6) is 0 Å². The van der Waals surface area contributed by atoms with E-state index < -0.39 is 164 Å². The van der Waals surface area contributed by atoms with E-state index in [0.29, 0.717) is 107 Å². The Balaban J connectivity index is 0.000000192. The van der Waals surface area contributed by atoms with Gasteiger partial charge in [0.15, 0.2) is 38.6 Å². The molecule has 1 N–H and O–H groups in total. The van der Waals surface area contributed by atoms with Crippen LogP contribution in [0.1, 0.15) is 201 Å². The number of halogens is 4. The molecule has 16 aliphatic rings. The van der Waals surface area contributed by atoms with E-state index in [1.165, 1.54) is 12.8 Å². The summed E-state index contributed by atoms with van der Waals surface area (Å²) in [6, 6.07) is 0. The van der Waals surface area contributed by atoms with Gasteiger partial charge in [0.1, 0.15) is 28.2 Å². The summed E-state index contributed by atoms with van der Waals surface area (Å²) in [6.07, 6.45) is 12.7. The van der Waals surface area contributed by atoms with Crippen molar-refractivity contribution in [2.75, 3.05) is 26.4 Å². The first-order valence-electron chi connectivity index (χ1n) is 34.2. The SMILES string of the molecule is CC(F)(F)C(=O)OC(CCC(=O)OCC(=O)OC12CC3CC(CC(O)(C3)C1)C2)C(=O)OCC(=O)OC12CC3CC(C1)C(=O)C(C3)C2.CCC1(OC(=O)COC(=O)CCC(OC(=O)C(C)(F)F)C(=O)OCC(=O)OC2(CC)C3CC4CC(C3)CC2C4)C2CC3CC(C2)CC1C3. The lowest BCUT2D eigenvalue weighted by molar-refractivity contribution is -0.222. The van der Waals surface area contributed by atoms with E-state index in [9.17, 15) is 75.4 Å². The number of hydrogen-bond donors (Lipinski definition) is 1. The molecule has 0 saturated heterocycles. The van der Waals surface area contributed by atoms with Gasteiger partial charge in [0.05, 0.1) is 5.60 Å². The fourth-order valence-electron chi connectivity index (χ4n) is 21.0. The Morgan fingerprint density at radius 2 is 0.777 bits per heavy atom. The van der Waals surface area contributed by atoms with Crippen molar-refractivity contribution in [2.45, 2.75) is 253 Å². The van der Waals surface area contributed by atoms with Gasteiger partial charge in [-0.15, -0.1) is 0 Å². The zero-order valence-electron chi connectivity index (χ0n) is 54.1. The Labute approximate surface area is 542 Å². The molecule has 0 aromatic carbocycles. The minimum Gasteiger partial charge on any atom is -0.456 e. The van der Waals surface area contributed by atoms with Gasteiger partial charge >= 0.3 is 71.5 Å². The molecule has 16 fully saturated rings. The van der Waals surface area contributed by atoms with E-state index in [1.807, 2.05) is 13.8 Å². The van der Waals surface area contributed by atoms with Crippen LogP contribution in [-0.4, -0.2) is 149 Å². The van der Waals surface area contributed by atoms with Crippen molar-refractivity contribution >= 4 is 65.5 Å². The highest BCUT2D eigenvalue weighted by atomic mass is 19.3. The molecule has 0 aromatic rings. The fraction of sp³-hybridized carbons (Fsp3) is 0.838. The Kier molecular flexibility index (Phi) is 19.8. The third-order valence-corrected chi connectivity index (χ3v) is 23.7. The zero-order chi connectivity index (χ0) is 67.5. The number of carbonyl (C=O) groups is 11. The molecule has 6 atom stereocenters. The van der Waals surface area contributed by atoms with Gasteiger partial charge in [-0.2, -0.15) is 17.6 Å². The highest BCUT2D eigenvalue weighted by Gasteiger charge is 2.63. The Morgan fingerprint density at radius 3 is 1.14 bits per heavy atom. The summed E-state index contributed by atoms with van der Waals surface area (Å²) in [7, 11) is 0. The summed E-state index contributed by atoms with van der Waals surface area (Å²) in [5.74, 6) is -15.0. The maximum Gasteiger partial charge on any atom is 0.377 e. The van der Waals surface area contributed by atoms with Crippen molar-refractivity contribution < 1.29 is 123 Å². The van der Waals surface area contributed by atoms with Crippen LogP contribution in [0, 0.1) is 76.9 Å². The minimum absolute atomic E-state index is 0.160. The third-order valence-electron chi connectivity index (χ3n) is 23.7. The van der Waals surface area contributed by atoms with Crippen LogP contribution in [0.2, 0.25) is 0 Å². The average molecular weight is 1340 g/mol. The lowest BCUT2D eigenvalue weighted by Crippen LogP contribution is -2.60. The highest BCUT2D eigenvalue weighted by Crippen LogP contribution is 2.63. The second-order valence-electron chi connectivity index (χ2n) is 30.6. The van der Waals surface area contributed by atoms with Gasteiger partial charge in [-0.05, 0) is 206 Å². The Morgan fingerprint density at radius 1 is 0.436 bits per heavy atom. The molecule has 16 bridgehead atoms. The normalized spacial score (nSPS) is 37.6. The Bertz CT molecular complexity index is 2880. The molecule has 16 rings (SSSR count). The first-order chi connectivity index (χ1) is 44.3. The summed E-state index contributed by atoms with van der Waals surface area (Å²) in [5, 5.41) is 10.8. The number of ether oxygens (including phenoxy) is 10. The van der Waals surface area contributed by atoms with Gasteiger partial charge in [0.25, 0.3) is 0 Å². The zero-order valence-corrected chi connectivity index (χ0v) is 54.1.